The molecule has 1 aliphatic carbocycles. The minimum atomic E-state index is -3.36. The zero-order valence-corrected chi connectivity index (χ0v) is 17.4. The molecule has 152 valence electrons. The highest BCUT2D eigenvalue weighted by atomic mass is 32.2. The molecule has 3 aromatic carbocycles. The molecule has 0 bridgehead atoms. The number of fused-ring (bicyclic) bond motifs is 2. The van der Waals surface area contributed by atoms with Crippen molar-refractivity contribution in [2.75, 3.05) is 11.0 Å². The number of nitrogens with one attached hydrogen (secondary N) is 1. The zero-order valence-electron chi connectivity index (χ0n) is 16.6. The van der Waals surface area contributed by atoms with Gasteiger partial charge in [-0.15, -0.1) is 0 Å². The highest BCUT2D eigenvalue weighted by Gasteiger charge is 2.19. The third kappa shape index (κ3) is 4.28. The van der Waals surface area contributed by atoms with Gasteiger partial charge >= 0.3 is 0 Å². The van der Waals surface area contributed by atoms with Crippen LogP contribution in [0.15, 0.2) is 66.7 Å². The summed E-state index contributed by atoms with van der Waals surface area (Å²) in [5.74, 6) is -0.440. The molecule has 0 aliphatic heterocycles. The highest BCUT2D eigenvalue weighted by Crippen LogP contribution is 2.35. The molecule has 0 saturated heterocycles. The number of sulfonamides is 1. The summed E-state index contributed by atoms with van der Waals surface area (Å²) in [6.07, 6.45) is 4.85. The van der Waals surface area contributed by atoms with Gasteiger partial charge in [-0.05, 0) is 76.6 Å². The Morgan fingerprint density at radius 1 is 0.933 bits per heavy atom. The molecule has 0 aromatic heterocycles. The SMILES string of the molecule is CS(=O)(=O)Nc1cccc(/C=C2/c3ccccc3CCc3cc(C(N)=O)ccc32)c1. The fraction of sp³-hybridized carbons (Fsp3) is 0.125. The maximum atomic E-state index is 11.7. The van der Waals surface area contributed by atoms with Gasteiger partial charge < -0.3 is 5.73 Å². The lowest BCUT2D eigenvalue weighted by Gasteiger charge is -2.13. The third-order valence-electron chi connectivity index (χ3n) is 5.15. The van der Waals surface area contributed by atoms with E-state index >= 15 is 0 Å². The second-order valence-corrected chi connectivity index (χ2v) is 9.20. The van der Waals surface area contributed by atoms with Gasteiger partial charge in [0.25, 0.3) is 0 Å². The van der Waals surface area contributed by atoms with E-state index < -0.39 is 15.9 Å². The summed E-state index contributed by atoms with van der Waals surface area (Å²) in [7, 11) is -3.36. The zero-order chi connectivity index (χ0) is 21.3. The Labute approximate surface area is 176 Å². The maximum Gasteiger partial charge on any atom is 0.248 e. The van der Waals surface area contributed by atoms with Crippen molar-refractivity contribution in [1.82, 2.24) is 0 Å². The number of primary amides is 1. The summed E-state index contributed by atoms with van der Waals surface area (Å²) in [6.45, 7) is 0. The van der Waals surface area contributed by atoms with Crippen LogP contribution in [0.1, 0.15) is 38.2 Å². The number of carbonyl (C=O) groups excluding carboxylic acids is 1. The van der Waals surface area contributed by atoms with Crippen molar-refractivity contribution in [2.24, 2.45) is 5.73 Å². The summed E-state index contributed by atoms with van der Waals surface area (Å²) >= 11 is 0. The molecular formula is C24H22N2O3S. The van der Waals surface area contributed by atoms with Crippen LogP contribution >= 0.6 is 0 Å². The molecule has 0 heterocycles. The van der Waals surface area contributed by atoms with E-state index in [4.69, 9.17) is 5.73 Å². The number of hydrogen-bond donors (Lipinski definition) is 2. The third-order valence-corrected chi connectivity index (χ3v) is 5.76. The summed E-state index contributed by atoms with van der Waals surface area (Å²) in [5, 5.41) is 0. The number of carbonyl (C=O) groups is 1. The van der Waals surface area contributed by atoms with Gasteiger partial charge in [-0.25, -0.2) is 8.42 Å². The Balaban J connectivity index is 1.88. The lowest BCUT2D eigenvalue weighted by molar-refractivity contribution is 0.1000. The monoisotopic (exact) mass is 418 g/mol. The van der Waals surface area contributed by atoms with Crippen molar-refractivity contribution in [2.45, 2.75) is 12.8 Å². The van der Waals surface area contributed by atoms with Crippen molar-refractivity contribution >= 4 is 33.3 Å². The minimum absolute atomic E-state index is 0.440. The van der Waals surface area contributed by atoms with Crippen LogP contribution in [0.4, 0.5) is 5.69 Å². The van der Waals surface area contributed by atoms with Crippen molar-refractivity contribution in [1.29, 1.82) is 0 Å². The average molecular weight is 419 g/mol. The first-order chi connectivity index (χ1) is 14.3. The normalized spacial score (nSPS) is 14.5. The lowest BCUT2D eigenvalue weighted by atomic mass is 9.91. The van der Waals surface area contributed by atoms with Crippen molar-refractivity contribution in [3.8, 4) is 0 Å². The highest BCUT2D eigenvalue weighted by molar-refractivity contribution is 7.92. The number of aryl methyl sites for hydroxylation is 2. The van der Waals surface area contributed by atoms with Crippen molar-refractivity contribution < 1.29 is 13.2 Å². The van der Waals surface area contributed by atoms with Crippen LogP contribution in [0.5, 0.6) is 0 Å². The molecule has 0 spiro atoms. The Morgan fingerprint density at radius 2 is 1.67 bits per heavy atom. The van der Waals surface area contributed by atoms with E-state index in [1.165, 1.54) is 5.56 Å². The van der Waals surface area contributed by atoms with E-state index in [-0.39, 0.29) is 0 Å². The average Bonchev–Trinajstić information content (AvgIpc) is 2.84. The molecule has 5 nitrogen and oxygen atoms in total. The summed E-state index contributed by atoms with van der Waals surface area (Å²) < 4.78 is 25.7. The fourth-order valence-electron chi connectivity index (χ4n) is 3.86. The predicted molar refractivity (Wildman–Crippen MR) is 121 cm³/mol. The predicted octanol–water partition coefficient (Wildman–Crippen LogP) is 3.84. The van der Waals surface area contributed by atoms with Gasteiger partial charge in [-0.2, -0.15) is 0 Å². The number of hydrogen-bond acceptors (Lipinski definition) is 3. The molecule has 3 N–H and O–H groups in total. The van der Waals surface area contributed by atoms with Gasteiger partial charge in [-0.3, -0.25) is 9.52 Å². The van der Waals surface area contributed by atoms with Crippen LogP contribution in [-0.4, -0.2) is 20.6 Å². The number of rotatable bonds is 4. The number of nitrogens with two attached hydrogens (primary N) is 1. The van der Waals surface area contributed by atoms with E-state index in [1.807, 2.05) is 36.4 Å². The summed E-state index contributed by atoms with van der Waals surface area (Å²) in [5.41, 5.74) is 12.9. The van der Waals surface area contributed by atoms with Crippen molar-refractivity contribution in [3.05, 3.63) is 100 Å². The molecule has 3 aromatic rings. The first-order valence-electron chi connectivity index (χ1n) is 9.61. The minimum Gasteiger partial charge on any atom is -0.366 e. The van der Waals surface area contributed by atoms with E-state index in [1.54, 1.807) is 18.2 Å². The molecule has 0 fully saturated rings. The fourth-order valence-corrected chi connectivity index (χ4v) is 4.42. The quantitative estimate of drug-likeness (QED) is 0.675. The first kappa shape index (κ1) is 19.9. The van der Waals surface area contributed by atoms with E-state index in [9.17, 15) is 13.2 Å². The van der Waals surface area contributed by atoms with Crippen LogP contribution in [-0.2, 0) is 22.9 Å². The standard InChI is InChI=1S/C24H22N2O3S/c1-30(28,29)26-20-7-4-5-16(13-20)14-23-21-8-3-2-6-17(21)9-10-18-15-19(24(25)27)11-12-22(18)23/h2-8,11-15,26H,9-10H2,1H3,(H2,25,27)/b23-14-. The molecular weight excluding hydrogens is 396 g/mol. The van der Waals surface area contributed by atoms with Gasteiger partial charge in [0.2, 0.25) is 15.9 Å². The second kappa shape index (κ2) is 7.80. The molecule has 4 rings (SSSR count). The molecule has 1 amide bonds. The first-order valence-corrected chi connectivity index (χ1v) is 11.5. The van der Waals surface area contributed by atoms with Gasteiger partial charge in [-0.1, -0.05) is 42.5 Å². The van der Waals surface area contributed by atoms with Gasteiger partial charge in [0.1, 0.15) is 0 Å². The van der Waals surface area contributed by atoms with Crippen LogP contribution in [0.2, 0.25) is 0 Å². The van der Waals surface area contributed by atoms with Crippen LogP contribution in [0.25, 0.3) is 11.6 Å². The van der Waals surface area contributed by atoms with Gasteiger partial charge in [0, 0.05) is 11.3 Å². The molecule has 0 unspecified atom stereocenters. The molecule has 1 aliphatic rings. The molecule has 0 atom stereocenters. The Hall–Kier alpha value is -3.38. The van der Waals surface area contributed by atoms with Crippen LogP contribution in [0.3, 0.4) is 0 Å². The number of amides is 1. The van der Waals surface area contributed by atoms with Crippen LogP contribution in [0, 0.1) is 0 Å². The number of benzene rings is 3. The largest absolute Gasteiger partial charge is 0.366 e. The lowest BCUT2D eigenvalue weighted by Crippen LogP contribution is -2.11. The Kier molecular flexibility index (Phi) is 5.18. The smallest absolute Gasteiger partial charge is 0.248 e. The van der Waals surface area contributed by atoms with Gasteiger partial charge in [0.05, 0.1) is 6.26 Å². The van der Waals surface area contributed by atoms with E-state index in [2.05, 4.69) is 22.9 Å². The molecule has 30 heavy (non-hydrogen) atoms. The molecule has 0 saturated carbocycles. The second-order valence-electron chi connectivity index (χ2n) is 7.45. The summed E-state index contributed by atoms with van der Waals surface area (Å²) in [4.78, 5) is 11.7. The van der Waals surface area contributed by atoms with Gasteiger partial charge in [0.15, 0.2) is 0 Å². The maximum absolute atomic E-state index is 11.7. The number of anilines is 1. The van der Waals surface area contributed by atoms with E-state index in [0.717, 1.165) is 46.9 Å². The summed E-state index contributed by atoms with van der Waals surface area (Å²) in [6, 6.07) is 21.1. The Morgan fingerprint density at radius 3 is 2.43 bits per heavy atom. The molecule has 6 heteroatoms. The van der Waals surface area contributed by atoms with E-state index in [0.29, 0.717) is 11.3 Å². The molecule has 0 radical (unpaired) electrons. The van der Waals surface area contributed by atoms with Crippen molar-refractivity contribution in [3.63, 3.8) is 0 Å². The van der Waals surface area contributed by atoms with Crippen LogP contribution < -0.4 is 10.5 Å². The topological polar surface area (TPSA) is 89.3 Å². The Bertz CT molecular complexity index is 1280.